The minimum absolute atomic E-state index is 0.00327. The summed E-state index contributed by atoms with van der Waals surface area (Å²) >= 11 is 3.19. The topological polar surface area (TPSA) is 83.1 Å². The van der Waals surface area contributed by atoms with Crippen LogP contribution in [0.15, 0.2) is 46.9 Å². The molecule has 9 heteroatoms. The van der Waals surface area contributed by atoms with Crippen LogP contribution in [0.1, 0.15) is 30.6 Å². The quantitative estimate of drug-likeness (QED) is 0.308. The Morgan fingerprint density at radius 3 is 3.00 bits per heavy atom. The van der Waals surface area contributed by atoms with Crippen LogP contribution in [-0.2, 0) is 11.3 Å². The Morgan fingerprint density at radius 2 is 2.29 bits per heavy atom. The fourth-order valence-electron chi connectivity index (χ4n) is 3.24. The molecule has 1 saturated heterocycles. The Hall–Kier alpha value is -2.23. The number of nitro benzene ring substituents is 1. The smallest absolute Gasteiger partial charge is 0.269 e. The lowest BCUT2D eigenvalue weighted by molar-refractivity contribution is -0.384. The van der Waals surface area contributed by atoms with E-state index in [2.05, 4.69) is 14.8 Å². The molecular formula is C19H20N4O3S2. The number of rotatable bonds is 7. The maximum absolute atomic E-state index is 11.1. The molecule has 0 bridgehead atoms. The van der Waals surface area contributed by atoms with Crippen molar-refractivity contribution in [3.63, 3.8) is 0 Å². The highest BCUT2D eigenvalue weighted by atomic mass is 32.2. The monoisotopic (exact) mass is 416 g/mol. The van der Waals surface area contributed by atoms with E-state index >= 15 is 0 Å². The van der Waals surface area contributed by atoms with Gasteiger partial charge in [-0.2, -0.15) is 0 Å². The number of thiophene rings is 1. The van der Waals surface area contributed by atoms with Crippen molar-refractivity contribution in [3.05, 3.63) is 57.5 Å². The van der Waals surface area contributed by atoms with Gasteiger partial charge in [-0.05, 0) is 36.8 Å². The minimum atomic E-state index is -0.365. The maximum atomic E-state index is 11.1. The van der Waals surface area contributed by atoms with Gasteiger partial charge >= 0.3 is 0 Å². The molecule has 0 saturated carbocycles. The Morgan fingerprint density at radius 1 is 1.39 bits per heavy atom. The van der Waals surface area contributed by atoms with Crippen molar-refractivity contribution < 1.29 is 9.66 Å². The summed E-state index contributed by atoms with van der Waals surface area (Å²) in [6.07, 6.45) is 2.28. The van der Waals surface area contributed by atoms with Crippen LogP contribution in [0.4, 0.5) is 5.69 Å². The van der Waals surface area contributed by atoms with E-state index < -0.39 is 0 Å². The summed E-state index contributed by atoms with van der Waals surface area (Å²) in [5, 5.41) is 22.8. The van der Waals surface area contributed by atoms with E-state index in [0.717, 1.165) is 40.9 Å². The van der Waals surface area contributed by atoms with E-state index in [-0.39, 0.29) is 22.0 Å². The summed E-state index contributed by atoms with van der Waals surface area (Å²) < 4.78 is 7.95. The zero-order valence-corrected chi connectivity index (χ0v) is 17.0. The van der Waals surface area contributed by atoms with Crippen molar-refractivity contribution in [1.82, 2.24) is 14.8 Å². The first-order valence-corrected chi connectivity index (χ1v) is 10.9. The summed E-state index contributed by atoms with van der Waals surface area (Å²) in [4.78, 5) is 11.8. The number of nitrogens with zero attached hydrogens (tertiary/aromatic N) is 4. The Balaban J connectivity index is 1.61. The van der Waals surface area contributed by atoms with Crippen LogP contribution in [0.25, 0.3) is 10.7 Å². The summed E-state index contributed by atoms with van der Waals surface area (Å²) in [5.41, 5.74) is 0.994. The van der Waals surface area contributed by atoms with Gasteiger partial charge in [-0.15, -0.1) is 21.5 Å². The average Bonchev–Trinajstić information content (AvgIpc) is 3.45. The molecule has 3 aromatic rings. The molecule has 1 fully saturated rings. The van der Waals surface area contributed by atoms with Crippen molar-refractivity contribution in [2.24, 2.45) is 0 Å². The number of hydrogen-bond donors (Lipinski definition) is 0. The predicted molar refractivity (Wildman–Crippen MR) is 110 cm³/mol. The summed E-state index contributed by atoms with van der Waals surface area (Å²) in [6, 6.07) is 10.8. The molecule has 1 aliphatic rings. The summed E-state index contributed by atoms with van der Waals surface area (Å²) in [7, 11) is 0. The minimum Gasteiger partial charge on any atom is -0.376 e. The molecule has 2 unspecified atom stereocenters. The molecule has 7 nitrogen and oxygen atoms in total. The van der Waals surface area contributed by atoms with Gasteiger partial charge in [-0.1, -0.05) is 30.0 Å². The fraction of sp³-hybridized carbons (Fsp3) is 0.368. The van der Waals surface area contributed by atoms with Crippen LogP contribution in [0.5, 0.6) is 0 Å². The SMILES string of the molecule is CC(Sc1nnc(-c2cccs2)n1CC1CCCO1)c1cccc([N+](=O)[O-])c1. The molecule has 0 N–H and O–H groups in total. The van der Waals surface area contributed by atoms with Crippen molar-refractivity contribution >= 4 is 28.8 Å². The van der Waals surface area contributed by atoms with E-state index in [4.69, 9.17) is 4.74 Å². The molecule has 0 aliphatic carbocycles. The van der Waals surface area contributed by atoms with Gasteiger partial charge in [-0.3, -0.25) is 14.7 Å². The zero-order chi connectivity index (χ0) is 19.5. The van der Waals surface area contributed by atoms with Crippen molar-refractivity contribution in [3.8, 4) is 10.7 Å². The largest absolute Gasteiger partial charge is 0.376 e. The molecule has 146 valence electrons. The molecule has 1 aromatic carbocycles. The van der Waals surface area contributed by atoms with E-state index in [1.54, 1.807) is 35.2 Å². The molecule has 2 atom stereocenters. The molecule has 3 heterocycles. The molecule has 2 aromatic heterocycles. The molecular weight excluding hydrogens is 396 g/mol. The highest BCUT2D eigenvalue weighted by Gasteiger charge is 2.24. The first-order valence-electron chi connectivity index (χ1n) is 9.11. The fourth-order valence-corrected chi connectivity index (χ4v) is 4.93. The normalized spacial score (nSPS) is 17.7. The Kier molecular flexibility index (Phi) is 5.74. The number of thioether (sulfide) groups is 1. The third-order valence-electron chi connectivity index (χ3n) is 4.70. The summed E-state index contributed by atoms with van der Waals surface area (Å²) in [5.74, 6) is 0.847. The molecule has 0 radical (unpaired) electrons. The average molecular weight is 417 g/mol. The van der Waals surface area contributed by atoms with Gasteiger partial charge in [0.25, 0.3) is 5.69 Å². The van der Waals surface area contributed by atoms with Gasteiger partial charge in [0, 0.05) is 24.0 Å². The van der Waals surface area contributed by atoms with Crippen LogP contribution in [0.2, 0.25) is 0 Å². The molecule has 0 amide bonds. The number of non-ortho nitro benzene ring substituents is 1. The van der Waals surface area contributed by atoms with Gasteiger partial charge in [-0.25, -0.2) is 0 Å². The molecule has 0 spiro atoms. The molecule has 1 aliphatic heterocycles. The van der Waals surface area contributed by atoms with Crippen molar-refractivity contribution in [2.75, 3.05) is 6.61 Å². The lowest BCUT2D eigenvalue weighted by atomic mass is 10.1. The summed E-state index contributed by atoms with van der Waals surface area (Å²) in [6.45, 7) is 3.54. The zero-order valence-electron chi connectivity index (χ0n) is 15.4. The second-order valence-corrected chi connectivity index (χ2v) is 8.90. The van der Waals surface area contributed by atoms with E-state index in [9.17, 15) is 10.1 Å². The van der Waals surface area contributed by atoms with Crippen LogP contribution >= 0.6 is 23.1 Å². The Bertz CT molecular complexity index is 952. The van der Waals surface area contributed by atoms with E-state index in [0.29, 0.717) is 6.54 Å². The third-order valence-corrected chi connectivity index (χ3v) is 6.71. The van der Waals surface area contributed by atoms with Crippen LogP contribution in [0.3, 0.4) is 0 Å². The highest BCUT2D eigenvalue weighted by molar-refractivity contribution is 7.99. The number of aromatic nitrogens is 3. The maximum Gasteiger partial charge on any atom is 0.269 e. The first kappa shape index (κ1) is 19.1. The van der Waals surface area contributed by atoms with E-state index in [1.165, 1.54) is 6.07 Å². The van der Waals surface area contributed by atoms with Crippen molar-refractivity contribution in [2.45, 2.75) is 42.8 Å². The first-order chi connectivity index (χ1) is 13.6. The number of hydrogen-bond acceptors (Lipinski definition) is 7. The lowest BCUT2D eigenvalue weighted by Crippen LogP contribution is -2.16. The van der Waals surface area contributed by atoms with Gasteiger partial charge in [0.1, 0.15) is 0 Å². The third kappa shape index (κ3) is 4.11. The van der Waals surface area contributed by atoms with Gasteiger partial charge < -0.3 is 4.74 Å². The second-order valence-electron chi connectivity index (χ2n) is 6.64. The number of benzene rings is 1. The van der Waals surface area contributed by atoms with Crippen LogP contribution in [-0.4, -0.2) is 32.4 Å². The highest BCUT2D eigenvalue weighted by Crippen LogP contribution is 2.37. The standard InChI is InChI=1S/C19H20N4O3S2/c1-13(14-5-2-6-15(11-14)23(24)25)28-19-21-20-18(17-8-4-10-27-17)22(19)12-16-7-3-9-26-16/h2,4-6,8,10-11,13,16H,3,7,9,12H2,1H3. The Labute approximate surface area is 170 Å². The second kappa shape index (κ2) is 8.42. The van der Waals surface area contributed by atoms with Crippen LogP contribution in [0, 0.1) is 10.1 Å². The lowest BCUT2D eigenvalue weighted by Gasteiger charge is -2.16. The van der Waals surface area contributed by atoms with Gasteiger partial charge in [0.2, 0.25) is 0 Å². The van der Waals surface area contributed by atoms with E-state index in [1.807, 2.05) is 30.5 Å². The number of ether oxygens (including phenoxy) is 1. The van der Waals surface area contributed by atoms with Crippen LogP contribution < -0.4 is 0 Å². The van der Waals surface area contributed by atoms with Gasteiger partial charge in [0.15, 0.2) is 11.0 Å². The predicted octanol–water partition coefficient (Wildman–Crippen LogP) is 4.95. The number of nitro groups is 1. The molecule has 28 heavy (non-hydrogen) atoms. The molecule has 4 rings (SSSR count). The van der Waals surface area contributed by atoms with Crippen molar-refractivity contribution in [1.29, 1.82) is 0 Å². The van der Waals surface area contributed by atoms with Gasteiger partial charge in [0.05, 0.1) is 22.4 Å².